The van der Waals surface area contributed by atoms with Crippen molar-refractivity contribution < 1.29 is 68.2 Å². The third-order valence-corrected chi connectivity index (χ3v) is 0. The molecule has 0 bridgehead atoms. The second kappa shape index (κ2) is 17.7. The van der Waals surface area contributed by atoms with Gasteiger partial charge in [-0.05, 0) is 0 Å². The van der Waals surface area contributed by atoms with Gasteiger partial charge in [-0.3, -0.25) is 0 Å². The standard InChI is InChI=1S/Ba.2IO3.H2O/c;2*2-1(3)4;/h;;;1H2/q+2;2*-1;. The van der Waals surface area contributed by atoms with Gasteiger partial charge in [0.15, 0.2) is 0 Å². The first-order chi connectivity index (χ1) is 3.46. The number of hydrogen-bond donors (Lipinski definition) is 0. The van der Waals surface area contributed by atoms with Crippen LogP contribution in [0.5, 0.6) is 0 Å². The molecule has 0 amide bonds. The Hall–Kier alpha value is 2.75. The monoisotopic (exact) mass is 506 g/mol. The van der Waals surface area contributed by atoms with Gasteiger partial charge in [-0.25, -0.2) is 0 Å². The molecule has 0 unspecified atom stereocenters. The fraction of sp³-hybridized carbons (Fsp3) is 0. The first kappa shape index (κ1) is 23.0. The van der Waals surface area contributed by atoms with Crippen molar-refractivity contribution >= 4 is 48.9 Å². The maximum absolute atomic E-state index is 8.57. The van der Waals surface area contributed by atoms with Gasteiger partial charge >= 0.3 is 48.9 Å². The summed E-state index contributed by atoms with van der Waals surface area (Å²) in [6.45, 7) is 0. The number of halogens is 2. The van der Waals surface area contributed by atoms with E-state index >= 15 is 0 Å². The summed E-state index contributed by atoms with van der Waals surface area (Å²) in [5, 5.41) is 0. The summed E-state index contributed by atoms with van der Waals surface area (Å²) in [4.78, 5) is 0. The number of hydrogen-bond acceptors (Lipinski definition) is 6. The summed E-state index contributed by atoms with van der Waals surface area (Å²) >= 11 is -8.03. The van der Waals surface area contributed by atoms with E-state index in [1.807, 2.05) is 0 Å². The molecule has 0 aliphatic rings. The van der Waals surface area contributed by atoms with Crippen molar-refractivity contribution in [3.05, 3.63) is 0 Å². The van der Waals surface area contributed by atoms with E-state index < -0.39 is 42.1 Å². The second-order valence-corrected chi connectivity index (χ2v) is 2.54. The maximum Gasteiger partial charge on any atom is 2.00 e. The van der Waals surface area contributed by atoms with Crippen LogP contribution in [0.3, 0.4) is 0 Å². The van der Waals surface area contributed by atoms with Crippen LogP contribution in [-0.2, 0) is 0 Å². The summed E-state index contributed by atoms with van der Waals surface area (Å²) in [6, 6.07) is 0. The topological polar surface area (TPSA) is 170 Å². The van der Waals surface area contributed by atoms with E-state index in [0.29, 0.717) is 0 Å². The quantitative estimate of drug-likeness (QED) is 0.234. The van der Waals surface area contributed by atoms with Gasteiger partial charge in [0.25, 0.3) is 42.1 Å². The Bertz CT molecular complexity index is 27.1. The molecule has 0 atom stereocenters. The first-order valence-electron chi connectivity index (χ1n) is 0.926. The van der Waals surface area contributed by atoms with E-state index in [9.17, 15) is 0 Å². The molecule has 2 N–H and O–H groups in total. The van der Waals surface area contributed by atoms with Gasteiger partial charge in [0.1, 0.15) is 0 Å². The Balaban J connectivity index is -0.0000000300. The van der Waals surface area contributed by atoms with Crippen molar-refractivity contribution in [1.29, 1.82) is 0 Å². The third kappa shape index (κ3) is 135. The fourth-order valence-electron chi connectivity index (χ4n) is 0. The molecule has 0 aromatic heterocycles. The summed E-state index contributed by atoms with van der Waals surface area (Å²) in [6.07, 6.45) is 0. The third-order valence-electron chi connectivity index (χ3n) is 0. The van der Waals surface area contributed by atoms with Crippen LogP contribution in [0.1, 0.15) is 0 Å². The van der Waals surface area contributed by atoms with Crippen LogP contribution in [0.15, 0.2) is 0 Å². The fourth-order valence-corrected chi connectivity index (χ4v) is 0. The SMILES string of the molecule is O.[Ba+2].[O-][I+2]([O-])[O-].[O-][I+2]([O-])[O-]. The molecular formula is H2BaI2O7. The van der Waals surface area contributed by atoms with Crippen molar-refractivity contribution in [2.75, 3.05) is 0 Å². The summed E-state index contributed by atoms with van der Waals surface area (Å²) < 4.78 is 51.4. The molecule has 0 saturated carbocycles. The van der Waals surface area contributed by atoms with Crippen LogP contribution in [0, 0.1) is 0 Å². The maximum atomic E-state index is 8.57. The predicted octanol–water partition coefficient (Wildman–Crippen LogP) is -14.3. The van der Waals surface area contributed by atoms with Crippen LogP contribution < -0.4 is 62.7 Å². The molecule has 0 spiro atoms. The van der Waals surface area contributed by atoms with Crippen molar-refractivity contribution in [2.24, 2.45) is 0 Å². The van der Waals surface area contributed by atoms with Gasteiger partial charge < -0.3 is 26.1 Å². The molecule has 0 aliphatic heterocycles. The van der Waals surface area contributed by atoms with Crippen LogP contribution in [0.25, 0.3) is 0 Å². The Morgan fingerprint density at radius 3 is 0.600 bits per heavy atom. The van der Waals surface area contributed by atoms with E-state index in [0.717, 1.165) is 0 Å². The van der Waals surface area contributed by atoms with Gasteiger partial charge in [0.2, 0.25) is 0 Å². The van der Waals surface area contributed by atoms with Crippen LogP contribution in [-0.4, -0.2) is 54.4 Å². The average molecular weight is 505 g/mol. The van der Waals surface area contributed by atoms with Crippen molar-refractivity contribution in [3.8, 4) is 0 Å². The smallest absolute Gasteiger partial charge is 0.427 e. The van der Waals surface area contributed by atoms with E-state index in [1.54, 1.807) is 0 Å². The summed E-state index contributed by atoms with van der Waals surface area (Å²) in [5.41, 5.74) is 0. The molecule has 60 valence electrons. The zero-order chi connectivity index (χ0) is 7.15. The molecule has 0 fully saturated rings. The van der Waals surface area contributed by atoms with E-state index in [-0.39, 0.29) is 54.4 Å². The van der Waals surface area contributed by atoms with Gasteiger partial charge in [0, 0.05) is 0 Å². The Labute approximate surface area is 115 Å². The molecule has 0 aliphatic carbocycles. The molecule has 7 nitrogen and oxygen atoms in total. The van der Waals surface area contributed by atoms with Crippen LogP contribution in [0.2, 0.25) is 0 Å². The molecular weight excluding hydrogens is 503 g/mol. The zero-order valence-corrected chi connectivity index (χ0v) is 13.2. The second-order valence-electron chi connectivity index (χ2n) is 0.378. The van der Waals surface area contributed by atoms with Crippen molar-refractivity contribution in [2.45, 2.75) is 0 Å². The predicted molar refractivity (Wildman–Crippen MR) is 9.37 cm³/mol. The normalized spacial score (nSPS) is 7.20. The van der Waals surface area contributed by atoms with Crippen molar-refractivity contribution in [3.63, 3.8) is 0 Å². The minimum atomic E-state index is -4.01. The largest absolute Gasteiger partial charge is 2.00 e. The summed E-state index contributed by atoms with van der Waals surface area (Å²) in [7, 11) is 0. The van der Waals surface area contributed by atoms with Gasteiger partial charge in [0.05, 0.1) is 0 Å². The van der Waals surface area contributed by atoms with Crippen LogP contribution >= 0.6 is 0 Å². The minimum Gasteiger partial charge on any atom is -0.427 e. The van der Waals surface area contributed by atoms with Gasteiger partial charge in [-0.2, -0.15) is 0 Å². The summed E-state index contributed by atoms with van der Waals surface area (Å²) in [5.74, 6) is 0. The molecule has 0 aromatic carbocycles. The Morgan fingerprint density at radius 1 is 0.600 bits per heavy atom. The Morgan fingerprint density at radius 2 is 0.600 bits per heavy atom. The molecule has 0 aromatic rings. The van der Waals surface area contributed by atoms with Crippen LogP contribution in [0.4, 0.5) is 0 Å². The molecule has 0 radical (unpaired) electrons. The van der Waals surface area contributed by atoms with E-state index in [4.69, 9.17) is 20.6 Å². The molecule has 10 heavy (non-hydrogen) atoms. The first-order valence-corrected chi connectivity index (χ1v) is 6.21. The zero-order valence-electron chi connectivity index (χ0n) is 4.41. The molecule has 10 heteroatoms. The Kier molecular flexibility index (Phi) is 40.8. The molecule has 0 saturated heterocycles. The van der Waals surface area contributed by atoms with Gasteiger partial charge in [-0.1, -0.05) is 0 Å². The average Bonchev–Trinajstić information content (AvgIpc) is 1.25. The molecule has 0 rings (SSSR count). The van der Waals surface area contributed by atoms with Gasteiger partial charge in [-0.15, -0.1) is 0 Å². The minimum absolute atomic E-state index is 0. The van der Waals surface area contributed by atoms with E-state index in [1.165, 1.54) is 0 Å². The van der Waals surface area contributed by atoms with Crippen molar-refractivity contribution in [1.82, 2.24) is 0 Å². The molecule has 0 heterocycles. The van der Waals surface area contributed by atoms with E-state index in [2.05, 4.69) is 0 Å². The number of rotatable bonds is 0.